The van der Waals surface area contributed by atoms with Crippen molar-refractivity contribution < 1.29 is 9.90 Å². The van der Waals surface area contributed by atoms with Gasteiger partial charge in [-0.05, 0) is 25.2 Å². The van der Waals surface area contributed by atoms with Crippen LogP contribution in [0.4, 0.5) is 0 Å². The van der Waals surface area contributed by atoms with Gasteiger partial charge in [-0.2, -0.15) is 11.8 Å². The van der Waals surface area contributed by atoms with Crippen LogP contribution in [0.3, 0.4) is 0 Å². The van der Waals surface area contributed by atoms with Crippen LogP contribution in [-0.2, 0) is 4.79 Å². The number of hydrogen-bond donors (Lipinski definition) is 1. The molecule has 3 unspecified atom stereocenters. The van der Waals surface area contributed by atoms with Gasteiger partial charge in [0.2, 0.25) is 0 Å². The van der Waals surface area contributed by atoms with Crippen LogP contribution in [0.5, 0.6) is 0 Å². The van der Waals surface area contributed by atoms with Crippen LogP contribution in [0, 0.1) is 11.8 Å². The summed E-state index contributed by atoms with van der Waals surface area (Å²) >= 11 is 1.81. The third-order valence-corrected chi connectivity index (χ3v) is 4.40. The number of aliphatic carboxylic acids is 1. The minimum Gasteiger partial charge on any atom is -0.481 e. The zero-order valence-electron chi connectivity index (χ0n) is 7.48. The third kappa shape index (κ3) is 1.75. The molecule has 13 heavy (non-hydrogen) atoms. The van der Waals surface area contributed by atoms with E-state index in [1.165, 1.54) is 0 Å². The maximum Gasteiger partial charge on any atom is 0.307 e. The molecule has 0 aromatic heterocycles. The molecule has 3 atom stereocenters. The van der Waals surface area contributed by atoms with Crippen molar-refractivity contribution in [1.82, 2.24) is 0 Å². The highest BCUT2D eigenvalue weighted by molar-refractivity contribution is 8.00. The van der Waals surface area contributed by atoms with E-state index >= 15 is 0 Å². The molecular formula is C10H14O2S. The molecular weight excluding hydrogens is 184 g/mol. The van der Waals surface area contributed by atoms with Crippen molar-refractivity contribution in [3.63, 3.8) is 0 Å². The first-order chi connectivity index (χ1) is 6.29. The van der Waals surface area contributed by atoms with E-state index < -0.39 is 5.97 Å². The minimum absolute atomic E-state index is 0.0993. The van der Waals surface area contributed by atoms with E-state index in [0.717, 1.165) is 25.0 Å². The lowest BCUT2D eigenvalue weighted by Gasteiger charge is -2.17. The molecule has 72 valence electrons. The fraction of sp³-hybridized carbons (Fsp3) is 0.700. The first-order valence-corrected chi connectivity index (χ1v) is 5.85. The number of hydrogen-bond acceptors (Lipinski definition) is 2. The largest absolute Gasteiger partial charge is 0.481 e. The van der Waals surface area contributed by atoms with Gasteiger partial charge in [-0.15, -0.1) is 0 Å². The van der Waals surface area contributed by atoms with Gasteiger partial charge in [-0.3, -0.25) is 4.79 Å². The molecule has 0 bridgehead atoms. The Morgan fingerprint density at radius 3 is 3.15 bits per heavy atom. The molecule has 2 nitrogen and oxygen atoms in total. The standard InChI is InChI=1S/C10H14O2S/c11-10(12)8-6-13-9-5-3-1-2-4-7(8)9/h3,5,7-9H,1-2,4,6H2,(H,11,12). The molecule has 0 radical (unpaired) electrons. The van der Waals surface area contributed by atoms with Gasteiger partial charge >= 0.3 is 5.97 Å². The van der Waals surface area contributed by atoms with Crippen LogP contribution >= 0.6 is 11.8 Å². The molecule has 0 aromatic carbocycles. The average Bonchev–Trinajstić information content (AvgIpc) is 2.36. The third-order valence-electron chi connectivity index (χ3n) is 2.96. The quantitative estimate of drug-likeness (QED) is 0.656. The predicted molar refractivity (Wildman–Crippen MR) is 53.9 cm³/mol. The van der Waals surface area contributed by atoms with Crippen LogP contribution in [0.2, 0.25) is 0 Å². The van der Waals surface area contributed by atoms with Gasteiger partial charge in [0.05, 0.1) is 5.92 Å². The number of carboxylic acids is 1. The molecule has 2 rings (SSSR count). The highest BCUT2D eigenvalue weighted by Gasteiger charge is 2.39. The maximum absolute atomic E-state index is 10.9. The summed E-state index contributed by atoms with van der Waals surface area (Å²) in [5.41, 5.74) is 0. The van der Waals surface area contributed by atoms with Crippen LogP contribution in [0.25, 0.3) is 0 Å². The zero-order chi connectivity index (χ0) is 9.26. The van der Waals surface area contributed by atoms with Crippen molar-refractivity contribution in [2.24, 2.45) is 11.8 Å². The van der Waals surface area contributed by atoms with E-state index in [9.17, 15) is 4.79 Å². The average molecular weight is 198 g/mol. The SMILES string of the molecule is O=C(O)C1CSC2C=CCCCC21. The molecule has 0 saturated carbocycles. The van der Waals surface area contributed by atoms with Crippen molar-refractivity contribution in [3.05, 3.63) is 12.2 Å². The number of allylic oxidation sites excluding steroid dienone is 1. The Kier molecular flexibility index (Phi) is 2.63. The molecule has 1 heterocycles. The van der Waals surface area contributed by atoms with Gasteiger partial charge in [0.25, 0.3) is 0 Å². The van der Waals surface area contributed by atoms with Gasteiger partial charge in [-0.1, -0.05) is 12.2 Å². The number of carbonyl (C=O) groups is 1. The van der Waals surface area contributed by atoms with Gasteiger partial charge in [0, 0.05) is 11.0 Å². The van der Waals surface area contributed by atoms with Crippen molar-refractivity contribution in [1.29, 1.82) is 0 Å². The van der Waals surface area contributed by atoms with Crippen LogP contribution in [-0.4, -0.2) is 22.1 Å². The Balaban J connectivity index is 2.12. The molecule has 1 aliphatic heterocycles. The van der Waals surface area contributed by atoms with E-state index in [1.807, 2.05) is 11.8 Å². The van der Waals surface area contributed by atoms with Crippen LogP contribution < -0.4 is 0 Å². The predicted octanol–water partition coefficient (Wildman–Crippen LogP) is 2.16. The Bertz CT molecular complexity index is 237. The van der Waals surface area contributed by atoms with Crippen molar-refractivity contribution in [2.75, 3.05) is 5.75 Å². The summed E-state index contributed by atoms with van der Waals surface area (Å²) in [7, 11) is 0. The molecule has 1 aliphatic carbocycles. The number of thioether (sulfide) groups is 1. The molecule has 0 amide bonds. The smallest absolute Gasteiger partial charge is 0.307 e. The van der Waals surface area contributed by atoms with Gasteiger partial charge < -0.3 is 5.11 Å². The van der Waals surface area contributed by atoms with Gasteiger partial charge in [0.1, 0.15) is 0 Å². The Morgan fingerprint density at radius 1 is 1.54 bits per heavy atom. The van der Waals surface area contributed by atoms with Crippen molar-refractivity contribution >= 4 is 17.7 Å². The Hall–Kier alpha value is -0.440. The topological polar surface area (TPSA) is 37.3 Å². The van der Waals surface area contributed by atoms with E-state index in [1.54, 1.807) is 0 Å². The highest BCUT2D eigenvalue weighted by atomic mass is 32.2. The van der Waals surface area contributed by atoms with E-state index in [-0.39, 0.29) is 5.92 Å². The van der Waals surface area contributed by atoms with E-state index in [0.29, 0.717) is 11.2 Å². The Labute approximate surface area is 82.4 Å². The first kappa shape index (κ1) is 9.13. The van der Waals surface area contributed by atoms with Crippen molar-refractivity contribution in [2.45, 2.75) is 24.5 Å². The molecule has 0 spiro atoms. The summed E-state index contributed by atoms with van der Waals surface area (Å²) in [5.74, 6) is 0.490. The number of fused-ring (bicyclic) bond motifs is 1. The van der Waals surface area contributed by atoms with E-state index in [4.69, 9.17) is 5.11 Å². The maximum atomic E-state index is 10.9. The van der Waals surface area contributed by atoms with Gasteiger partial charge in [0.15, 0.2) is 0 Å². The summed E-state index contributed by atoms with van der Waals surface area (Å²) in [5, 5.41) is 9.48. The lowest BCUT2D eigenvalue weighted by Crippen LogP contribution is -2.24. The van der Waals surface area contributed by atoms with Crippen LogP contribution in [0.1, 0.15) is 19.3 Å². The second-order valence-electron chi connectivity index (χ2n) is 3.77. The zero-order valence-corrected chi connectivity index (χ0v) is 8.30. The second-order valence-corrected chi connectivity index (χ2v) is 4.98. The molecule has 1 saturated heterocycles. The minimum atomic E-state index is -0.602. The summed E-state index contributed by atoms with van der Waals surface area (Å²) in [6.07, 6.45) is 7.79. The van der Waals surface area contributed by atoms with Crippen molar-refractivity contribution in [3.8, 4) is 0 Å². The molecule has 3 heteroatoms. The second kappa shape index (κ2) is 3.74. The normalized spacial score (nSPS) is 38.3. The summed E-state index contributed by atoms with van der Waals surface area (Å²) in [6, 6.07) is 0. The van der Waals surface area contributed by atoms with Crippen LogP contribution in [0.15, 0.2) is 12.2 Å². The lowest BCUT2D eigenvalue weighted by molar-refractivity contribution is -0.142. The first-order valence-electron chi connectivity index (χ1n) is 4.80. The lowest BCUT2D eigenvalue weighted by atomic mass is 9.88. The molecule has 2 aliphatic rings. The Morgan fingerprint density at radius 2 is 2.38 bits per heavy atom. The monoisotopic (exact) mass is 198 g/mol. The summed E-state index contributed by atoms with van der Waals surface area (Å²) in [4.78, 5) is 10.9. The highest BCUT2D eigenvalue weighted by Crippen LogP contribution is 2.42. The molecule has 1 fully saturated rings. The fourth-order valence-corrected chi connectivity index (χ4v) is 3.83. The summed E-state index contributed by atoms with van der Waals surface area (Å²) in [6.45, 7) is 0. The molecule has 0 aromatic rings. The molecule has 1 N–H and O–H groups in total. The number of carboxylic acid groups (broad SMARTS) is 1. The summed E-state index contributed by atoms with van der Waals surface area (Å²) < 4.78 is 0. The van der Waals surface area contributed by atoms with E-state index in [2.05, 4.69) is 12.2 Å². The number of rotatable bonds is 1. The fourth-order valence-electron chi connectivity index (χ4n) is 2.21. The van der Waals surface area contributed by atoms with Gasteiger partial charge in [-0.25, -0.2) is 0 Å².